The van der Waals surface area contributed by atoms with Gasteiger partial charge in [-0.15, -0.1) is 10.2 Å². The molecule has 0 atom stereocenters. The standard InChI is InChI=1S/C19H12F3N5O2/c20-19(21,22)16-15(10-24-27(16)14-4-2-1-3-5-14)17(28)25-13-8-6-12(7-9-13)18-26-23-11-29-18/h1-11H,(H,25,28). The first kappa shape index (κ1) is 18.4. The van der Waals surface area contributed by atoms with Gasteiger partial charge >= 0.3 is 6.18 Å². The van der Waals surface area contributed by atoms with Crippen LogP contribution < -0.4 is 5.32 Å². The lowest BCUT2D eigenvalue weighted by molar-refractivity contribution is -0.143. The van der Waals surface area contributed by atoms with E-state index in [1.165, 1.54) is 30.7 Å². The minimum absolute atomic E-state index is 0.197. The Labute approximate surface area is 161 Å². The van der Waals surface area contributed by atoms with Gasteiger partial charge in [-0.05, 0) is 36.4 Å². The molecular weight excluding hydrogens is 387 g/mol. The van der Waals surface area contributed by atoms with Crippen molar-refractivity contribution < 1.29 is 22.4 Å². The van der Waals surface area contributed by atoms with E-state index in [0.717, 1.165) is 6.20 Å². The van der Waals surface area contributed by atoms with Crippen LogP contribution in [0.3, 0.4) is 0 Å². The summed E-state index contributed by atoms with van der Waals surface area (Å²) in [5.41, 5.74) is -0.624. The van der Waals surface area contributed by atoms with E-state index in [9.17, 15) is 18.0 Å². The number of anilines is 1. The molecule has 0 bridgehead atoms. The van der Waals surface area contributed by atoms with Gasteiger partial charge in [0.25, 0.3) is 5.91 Å². The maximum atomic E-state index is 13.7. The number of para-hydroxylation sites is 1. The van der Waals surface area contributed by atoms with Crippen LogP contribution >= 0.6 is 0 Å². The first-order valence-electron chi connectivity index (χ1n) is 8.32. The molecule has 146 valence electrons. The number of alkyl halides is 3. The number of carbonyl (C=O) groups excluding carboxylic acids is 1. The zero-order valence-corrected chi connectivity index (χ0v) is 14.6. The van der Waals surface area contributed by atoms with E-state index in [1.807, 2.05) is 0 Å². The predicted octanol–water partition coefficient (Wildman–Crippen LogP) is 4.19. The fraction of sp³-hybridized carbons (Fsp3) is 0.0526. The molecule has 0 saturated heterocycles. The summed E-state index contributed by atoms with van der Waals surface area (Å²) in [6.45, 7) is 0. The highest BCUT2D eigenvalue weighted by molar-refractivity contribution is 6.05. The lowest BCUT2D eigenvalue weighted by atomic mass is 10.2. The van der Waals surface area contributed by atoms with Crippen molar-refractivity contribution in [3.8, 4) is 17.1 Å². The Morgan fingerprint density at radius 1 is 1.03 bits per heavy atom. The summed E-state index contributed by atoms with van der Waals surface area (Å²) in [6.07, 6.45) is -2.70. The highest BCUT2D eigenvalue weighted by Gasteiger charge is 2.40. The second-order valence-corrected chi connectivity index (χ2v) is 5.93. The van der Waals surface area contributed by atoms with E-state index in [0.29, 0.717) is 15.9 Å². The molecule has 4 aromatic rings. The molecule has 29 heavy (non-hydrogen) atoms. The Bertz CT molecular complexity index is 1120. The topological polar surface area (TPSA) is 85.8 Å². The molecule has 0 radical (unpaired) electrons. The molecule has 0 aliphatic rings. The Balaban J connectivity index is 1.63. The van der Waals surface area contributed by atoms with Crippen LogP contribution in [-0.4, -0.2) is 25.9 Å². The molecule has 0 spiro atoms. The average molecular weight is 399 g/mol. The second kappa shape index (κ2) is 7.23. The summed E-state index contributed by atoms with van der Waals surface area (Å²) >= 11 is 0. The molecule has 7 nitrogen and oxygen atoms in total. The second-order valence-electron chi connectivity index (χ2n) is 5.93. The van der Waals surface area contributed by atoms with E-state index in [1.54, 1.807) is 30.3 Å². The molecule has 10 heteroatoms. The van der Waals surface area contributed by atoms with E-state index in [4.69, 9.17) is 4.42 Å². The highest BCUT2D eigenvalue weighted by atomic mass is 19.4. The number of carbonyl (C=O) groups is 1. The first-order valence-corrected chi connectivity index (χ1v) is 8.32. The third-order valence-electron chi connectivity index (χ3n) is 4.03. The van der Waals surface area contributed by atoms with Crippen LogP contribution in [0.25, 0.3) is 17.1 Å². The number of amides is 1. The monoisotopic (exact) mass is 399 g/mol. The van der Waals surface area contributed by atoms with Gasteiger partial charge in [0, 0.05) is 11.3 Å². The molecule has 2 aromatic heterocycles. The SMILES string of the molecule is O=C(Nc1ccc(-c2nnco2)cc1)c1cnn(-c2ccccc2)c1C(F)(F)F. The van der Waals surface area contributed by atoms with E-state index < -0.39 is 23.3 Å². The fourth-order valence-corrected chi connectivity index (χ4v) is 2.75. The third-order valence-corrected chi connectivity index (χ3v) is 4.03. The summed E-state index contributed by atoms with van der Waals surface area (Å²) in [4.78, 5) is 12.5. The van der Waals surface area contributed by atoms with Gasteiger partial charge < -0.3 is 9.73 Å². The van der Waals surface area contributed by atoms with Gasteiger partial charge in [-0.1, -0.05) is 18.2 Å². The van der Waals surface area contributed by atoms with Crippen molar-refractivity contribution in [1.82, 2.24) is 20.0 Å². The van der Waals surface area contributed by atoms with Gasteiger partial charge in [0.05, 0.1) is 17.4 Å². The fourth-order valence-electron chi connectivity index (χ4n) is 2.75. The van der Waals surface area contributed by atoms with Gasteiger partial charge in [-0.25, -0.2) is 4.68 Å². The van der Waals surface area contributed by atoms with Crippen LogP contribution in [0.4, 0.5) is 18.9 Å². The Morgan fingerprint density at radius 2 is 1.76 bits per heavy atom. The summed E-state index contributed by atoms with van der Waals surface area (Å²) in [6, 6.07) is 14.0. The smallest absolute Gasteiger partial charge is 0.423 e. The molecule has 0 aliphatic heterocycles. The Hall–Kier alpha value is -3.95. The van der Waals surface area contributed by atoms with Gasteiger partial charge in [-0.2, -0.15) is 18.3 Å². The van der Waals surface area contributed by atoms with Crippen molar-refractivity contribution in [2.24, 2.45) is 0 Å². The van der Waals surface area contributed by atoms with Crippen molar-refractivity contribution in [3.05, 3.63) is 78.4 Å². The van der Waals surface area contributed by atoms with Crippen molar-refractivity contribution in [2.45, 2.75) is 6.18 Å². The number of halogens is 3. The zero-order chi connectivity index (χ0) is 20.4. The minimum Gasteiger partial charge on any atom is -0.423 e. The van der Waals surface area contributed by atoms with E-state index in [-0.39, 0.29) is 11.6 Å². The molecule has 0 aliphatic carbocycles. The van der Waals surface area contributed by atoms with Crippen LogP contribution in [0.15, 0.2) is 71.6 Å². The number of benzene rings is 2. The molecule has 0 saturated carbocycles. The van der Waals surface area contributed by atoms with Crippen molar-refractivity contribution in [2.75, 3.05) is 5.32 Å². The molecule has 2 heterocycles. The number of aromatic nitrogens is 4. The molecule has 0 fully saturated rings. The maximum Gasteiger partial charge on any atom is 0.434 e. The summed E-state index contributed by atoms with van der Waals surface area (Å²) in [5, 5.41) is 13.5. The molecule has 1 N–H and O–H groups in total. The summed E-state index contributed by atoms with van der Waals surface area (Å²) in [5.74, 6) is -0.642. The molecule has 4 rings (SSSR count). The first-order chi connectivity index (χ1) is 13.9. The van der Waals surface area contributed by atoms with Crippen LogP contribution in [0.2, 0.25) is 0 Å². The van der Waals surface area contributed by atoms with Crippen LogP contribution in [0, 0.1) is 0 Å². The maximum absolute atomic E-state index is 13.7. The third kappa shape index (κ3) is 3.72. The van der Waals surface area contributed by atoms with Gasteiger partial charge in [0.1, 0.15) is 0 Å². The molecule has 0 unspecified atom stereocenters. The van der Waals surface area contributed by atoms with Gasteiger partial charge in [0.15, 0.2) is 5.69 Å². The zero-order valence-electron chi connectivity index (χ0n) is 14.6. The van der Waals surface area contributed by atoms with Crippen molar-refractivity contribution in [3.63, 3.8) is 0 Å². The molecule has 1 amide bonds. The van der Waals surface area contributed by atoms with E-state index >= 15 is 0 Å². The largest absolute Gasteiger partial charge is 0.434 e. The quantitative estimate of drug-likeness (QED) is 0.556. The predicted molar refractivity (Wildman–Crippen MR) is 96.3 cm³/mol. The van der Waals surface area contributed by atoms with Crippen LogP contribution in [-0.2, 0) is 6.18 Å². The summed E-state index contributed by atoms with van der Waals surface area (Å²) in [7, 11) is 0. The highest BCUT2D eigenvalue weighted by Crippen LogP contribution is 2.34. The summed E-state index contributed by atoms with van der Waals surface area (Å²) < 4.78 is 46.8. The van der Waals surface area contributed by atoms with Gasteiger partial charge in [0.2, 0.25) is 12.3 Å². The number of rotatable bonds is 4. The lowest BCUT2D eigenvalue weighted by Crippen LogP contribution is -2.20. The minimum atomic E-state index is -4.78. The Kier molecular flexibility index (Phi) is 4.59. The number of nitrogens with one attached hydrogen (secondary N) is 1. The lowest BCUT2D eigenvalue weighted by Gasteiger charge is -2.13. The molecular formula is C19H12F3N5O2. The average Bonchev–Trinajstić information content (AvgIpc) is 3.39. The van der Waals surface area contributed by atoms with Crippen molar-refractivity contribution >= 4 is 11.6 Å². The number of nitrogens with zero attached hydrogens (tertiary/aromatic N) is 4. The normalized spacial score (nSPS) is 11.4. The van der Waals surface area contributed by atoms with Crippen LogP contribution in [0.5, 0.6) is 0 Å². The molecule has 2 aromatic carbocycles. The number of hydrogen-bond donors (Lipinski definition) is 1. The Morgan fingerprint density at radius 3 is 2.38 bits per heavy atom. The van der Waals surface area contributed by atoms with E-state index in [2.05, 4.69) is 20.6 Å². The van der Waals surface area contributed by atoms with Crippen LogP contribution in [0.1, 0.15) is 16.1 Å². The van der Waals surface area contributed by atoms with Crippen molar-refractivity contribution in [1.29, 1.82) is 0 Å². The van der Waals surface area contributed by atoms with Gasteiger partial charge in [-0.3, -0.25) is 4.79 Å². The number of hydrogen-bond acceptors (Lipinski definition) is 5.